The van der Waals surface area contributed by atoms with E-state index < -0.39 is 6.36 Å². The number of alkyl halides is 3. The van der Waals surface area contributed by atoms with Crippen molar-refractivity contribution in [3.05, 3.63) is 28.6 Å². The van der Waals surface area contributed by atoms with Gasteiger partial charge in [0, 0.05) is 9.58 Å². The Kier molecular flexibility index (Phi) is 3.14. The highest BCUT2D eigenvalue weighted by atomic mass is 32.1. The Morgan fingerprint density at radius 1 is 1.16 bits per heavy atom. The minimum Gasteiger partial charge on any atom is -0.406 e. The van der Waals surface area contributed by atoms with Gasteiger partial charge in [0.1, 0.15) is 5.75 Å². The van der Waals surface area contributed by atoms with Crippen molar-refractivity contribution in [3.63, 3.8) is 0 Å². The van der Waals surface area contributed by atoms with Crippen molar-refractivity contribution in [1.29, 1.82) is 0 Å². The van der Waals surface area contributed by atoms with E-state index in [4.69, 9.17) is 0 Å². The molecule has 102 valence electrons. The number of halogens is 3. The molecule has 1 aromatic carbocycles. The summed E-state index contributed by atoms with van der Waals surface area (Å²) in [5.74, 6) is -0.144. The van der Waals surface area contributed by atoms with Crippen LogP contribution >= 0.6 is 11.3 Å². The van der Waals surface area contributed by atoms with Crippen molar-refractivity contribution in [2.75, 3.05) is 13.1 Å². The SMILES string of the molecule is FC(F)(F)Oc1ccc2c3c(sc2c1)CCNCC3. The number of hydrogen-bond donors (Lipinski definition) is 1. The highest BCUT2D eigenvalue weighted by Gasteiger charge is 2.31. The first-order valence-electron chi connectivity index (χ1n) is 6.04. The van der Waals surface area contributed by atoms with Crippen LogP contribution in [0, 0.1) is 0 Å². The monoisotopic (exact) mass is 287 g/mol. The van der Waals surface area contributed by atoms with Crippen LogP contribution in [0.3, 0.4) is 0 Å². The van der Waals surface area contributed by atoms with Crippen LogP contribution < -0.4 is 10.1 Å². The number of thiophene rings is 1. The largest absolute Gasteiger partial charge is 0.573 e. The Labute approximate surface area is 112 Å². The van der Waals surface area contributed by atoms with Crippen LogP contribution in [0.1, 0.15) is 10.4 Å². The quantitative estimate of drug-likeness (QED) is 0.867. The average Bonchev–Trinajstić information content (AvgIpc) is 2.50. The van der Waals surface area contributed by atoms with Gasteiger partial charge in [-0.1, -0.05) is 0 Å². The first-order valence-corrected chi connectivity index (χ1v) is 6.85. The number of ether oxygens (including phenoxy) is 1. The van der Waals surface area contributed by atoms with Gasteiger partial charge in [0.15, 0.2) is 0 Å². The number of hydrogen-bond acceptors (Lipinski definition) is 3. The Hall–Kier alpha value is -1.27. The zero-order valence-corrected chi connectivity index (χ0v) is 10.8. The Morgan fingerprint density at radius 3 is 2.74 bits per heavy atom. The molecule has 3 rings (SSSR count). The van der Waals surface area contributed by atoms with E-state index >= 15 is 0 Å². The van der Waals surface area contributed by atoms with Crippen molar-refractivity contribution in [1.82, 2.24) is 5.32 Å². The molecule has 0 radical (unpaired) electrons. The second-order valence-corrected chi connectivity index (χ2v) is 5.60. The molecule has 0 fully saturated rings. The maximum absolute atomic E-state index is 12.2. The molecule has 6 heteroatoms. The third-order valence-electron chi connectivity index (χ3n) is 3.16. The first kappa shape index (κ1) is 12.7. The van der Waals surface area contributed by atoms with Crippen LogP contribution in [0.4, 0.5) is 13.2 Å². The zero-order valence-electron chi connectivity index (χ0n) is 10.0. The minimum atomic E-state index is -4.63. The van der Waals surface area contributed by atoms with Crippen LogP contribution in [0.15, 0.2) is 18.2 Å². The van der Waals surface area contributed by atoms with Crippen molar-refractivity contribution in [2.45, 2.75) is 19.2 Å². The molecular formula is C13H12F3NOS. The lowest BCUT2D eigenvalue weighted by Gasteiger charge is -2.08. The number of rotatable bonds is 1. The lowest BCUT2D eigenvalue weighted by atomic mass is 10.1. The van der Waals surface area contributed by atoms with Crippen molar-refractivity contribution >= 4 is 21.4 Å². The summed E-state index contributed by atoms with van der Waals surface area (Å²) >= 11 is 1.57. The molecule has 1 N–H and O–H groups in total. The van der Waals surface area contributed by atoms with Gasteiger partial charge in [-0.15, -0.1) is 24.5 Å². The molecule has 0 saturated heterocycles. The summed E-state index contributed by atoms with van der Waals surface area (Å²) in [5, 5.41) is 4.37. The molecule has 19 heavy (non-hydrogen) atoms. The molecule has 2 heterocycles. The van der Waals surface area contributed by atoms with Gasteiger partial charge in [-0.3, -0.25) is 0 Å². The molecule has 0 saturated carbocycles. The molecular weight excluding hydrogens is 275 g/mol. The predicted molar refractivity (Wildman–Crippen MR) is 68.8 cm³/mol. The fourth-order valence-corrected chi connectivity index (χ4v) is 3.68. The molecule has 2 aromatic rings. The van der Waals surface area contributed by atoms with Gasteiger partial charge in [0.05, 0.1) is 0 Å². The van der Waals surface area contributed by atoms with Gasteiger partial charge in [0.25, 0.3) is 0 Å². The zero-order chi connectivity index (χ0) is 13.5. The van der Waals surface area contributed by atoms with Crippen LogP contribution in [-0.4, -0.2) is 19.5 Å². The summed E-state index contributed by atoms with van der Waals surface area (Å²) in [6.07, 6.45) is -2.77. The van der Waals surface area contributed by atoms with Gasteiger partial charge in [-0.2, -0.15) is 0 Å². The summed E-state index contributed by atoms with van der Waals surface area (Å²) in [4.78, 5) is 1.27. The predicted octanol–water partition coefficient (Wildman–Crippen LogP) is 3.49. The lowest BCUT2D eigenvalue weighted by molar-refractivity contribution is -0.274. The van der Waals surface area contributed by atoms with Crippen LogP contribution in [0.5, 0.6) is 5.75 Å². The van der Waals surface area contributed by atoms with Gasteiger partial charge in [-0.05, 0) is 55.1 Å². The molecule has 0 spiro atoms. The summed E-state index contributed by atoms with van der Waals surface area (Å²) in [5.41, 5.74) is 1.27. The maximum atomic E-state index is 12.2. The molecule has 0 unspecified atom stereocenters. The Morgan fingerprint density at radius 2 is 1.95 bits per heavy atom. The van der Waals surface area contributed by atoms with Gasteiger partial charge < -0.3 is 10.1 Å². The van der Waals surface area contributed by atoms with E-state index in [1.807, 2.05) is 0 Å². The third kappa shape index (κ3) is 2.69. The standard InChI is InChI=1S/C13H12F3NOS/c14-13(15,16)18-8-1-2-9-10-3-5-17-6-4-11(10)19-12(9)7-8/h1-2,7,17H,3-6H2. The number of benzene rings is 1. The van der Waals surface area contributed by atoms with Crippen LogP contribution in [0.2, 0.25) is 0 Å². The van der Waals surface area contributed by atoms with Gasteiger partial charge in [-0.25, -0.2) is 0 Å². The van der Waals surface area contributed by atoms with Crippen LogP contribution in [0.25, 0.3) is 10.1 Å². The molecule has 1 aliphatic rings. The van der Waals surface area contributed by atoms with Crippen LogP contribution in [-0.2, 0) is 12.8 Å². The van der Waals surface area contributed by atoms with E-state index in [1.165, 1.54) is 22.6 Å². The molecule has 0 amide bonds. The molecule has 1 aliphatic heterocycles. The molecule has 1 aromatic heterocycles. The third-order valence-corrected chi connectivity index (χ3v) is 4.42. The van der Waals surface area contributed by atoms with Gasteiger partial charge >= 0.3 is 6.36 Å². The van der Waals surface area contributed by atoms with Gasteiger partial charge in [0.2, 0.25) is 0 Å². The fraction of sp³-hybridized carbons (Fsp3) is 0.385. The van der Waals surface area contributed by atoms with E-state index in [0.29, 0.717) is 0 Å². The number of nitrogens with one attached hydrogen (secondary N) is 1. The highest BCUT2D eigenvalue weighted by Crippen LogP contribution is 2.36. The Bertz CT molecular complexity index is 606. The normalized spacial score (nSPS) is 16.2. The van der Waals surface area contributed by atoms with E-state index in [1.54, 1.807) is 17.4 Å². The second-order valence-electron chi connectivity index (χ2n) is 4.46. The number of fused-ring (bicyclic) bond motifs is 3. The Balaban J connectivity index is 2.01. The minimum absolute atomic E-state index is 0.144. The lowest BCUT2D eigenvalue weighted by Crippen LogP contribution is -2.17. The molecule has 2 nitrogen and oxygen atoms in total. The highest BCUT2D eigenvalue weighted by molar-refractivity contribution is 7.19. The van der Waals surface area contributed by atoms with E-state index in [2.05, 4.69) is 10.1 Å². The summed E-state index contributed by atoms with van der Waals surface area (Å²) in [7, 11) is 0. The summed E-state index contributed by atoms with van der Waals surface area (Å²) in [6, 6.07) is 4.60. The molecule has 0 aliphatic carbocycles. The second kappa shape index (κ2) is 4.68. The smallest absolute Gasteiger partial charge is 0.406 e. The summed E-state index contributed by atoms with van der Waals surface area (Å²) in [6.45, 7) is 1.84. The van der Waals surface area contributed by atoms with E-state index in [0.717, 1.165) is 36.0 Å². The topological polar surface area (TPSA) is 21.3 Å². The maximum Gasteiger partial charge on any atom is 0.573 e. The average molecular weight is 287 g/mol. The fourth-order valence-electron chi connectivity index (χ4n) is 2.39. The van der Waals surface area contributed by atoms with E-state index in [-0.39, 0.29) is 5.75 Å². The molecule has 0 atom stereocenters. The summed E-state index contributed by atoms with van der Waals surface area (Å²) < 4.78 is 41.4. The van der Waals surface area contributed by atoms with E-state index in [9.17, 15) is 13.2 Å². The van der Waals surface area contributed by atoms with Crippen molar-refractivity contribution in [2.24, 2.45) is 0 Å². The molecule has 0 bridgehead atoms. The van der Waals surface area contributed by atoms with Crippen molar-refractivity contribution < 1.29 is 17.9 Å². The first-order chi connectivity index (χ1) is 9.03. The van der Waals surface area contributed by atoms with Crippen molar-refractivity contribution in [3.8, 4) is 5.75 Å².